The summed E-state index contributed by atoms with van der Waals surface area (Å²) in [6, 6.07) is 18.2. The van der Waals surface area contributed by atoms with Crippen molar-refractivity contribution in [2.45, 2.75) is 6.92 Å². The Kier molecular flexibility index (Phi) is 9.01. The first kappa shape index (κ1) is 25.7. The topological polar surface area (TPSA) is 145 Å². The molecule has 0 bridgehead atoms. The van der Waals surface area contributed by atoms with Crippen LogP contribution in [-0.4, -0.2) is 43.9 Å². The van der Waals surface area contributed by atoms with Crippen LogP contribution in [0.15, 0.2) is 66.7 Å². The molecular weight excluding hydrogens is 438 g/mol. The average Bonchev–Trinajstić information content (AvgIpc) is 2.79. The summed E-state index contributed by atoms with van der Waals surface area (Å²) < 4.78 is 9.68. The van der Waals surface area contributed by atoms with E-state index in [0.29, 0.717) is 16.9 Å². The maximum atomic E-state index is 11.7. The molecular formula is C25H27N3O6. The van der Waals surface area contributed by atoms with Crippen LogP contribution >= 0.6 is 0 Å². The predicted molar refractivity (Wildman–Crippen MR) is 130 cm³/mol. The van der Waals surface area contributed by atoms with Crippen LogP contribution < -0.4 is 16.4 Å². The molecule has 0 fully saturated rings. The SMILES string of the molecule is Cc1cccc(C(=O)O)c1N(C)C.Nc1ccccc1C(=O)OCOC(=O)c1ccccc1N. The lowest BCUT2D eigenvalue weighted by Crippen LogP contribution is -2.15. The number of benzene rings is 3. The van der Waals surface area contributed by atoms with E-state index >= 15 is 0 Å². The summed E-state index contributed by atoms with van der Waals surface area (Å²) in [5.41, 5.74) is 14.4. The smallest absolute Gasteiger partial charge is 0.343 e. The molecule has 34 heavy (non-hydrogen) atoms. The summed E-state index contributed by atoms with van der Waals surface area (Å²) in [5, 5.41) is 8.91. The highest BCUT2D eigenvalue weighted by Crippen LogP contribution is 2.22. The van der Waals surface area contributed by atoms with E-state index in [1.165, 1.54) is 12.1 Å². The van der Waals surface area contributed by atoms with Crippen molar-refractivity contribution in [1.82, 2.24) is 0 Å². The van der Waals surface area contributed by atoms with Gasteiger partial charge < -0.3 is 30.9 Å². The molecule has 0 unspecified atom stereocenters. The largest absolute Gasteiger partial charge is 0.478 e. The molecule has 0 heterocycles. The molecule has 178 valence electrons. The molecule has 5 N–H and O–H groups in total. The van der Waals surface area contributed by atoms with Crippen molar-refractivity contribution in [3.05, 3.63) is 89.0 Å². The molecule has 3 aromatic rings. The minimum Gasteiger partial charge on any atom is -0.478 e. The Morgan fingerprint density at radius 1 is 0.765 bits per heavy atom. The molecule has 0 atom stereocenters. The van der Waals surface area contributed by atoms with Crippen LogP contribution in [0.4, 0.5) is 17.1 Å². The van der Waals surface area contributed by atoms with Crippen LogP contribution in [0.25, 0.3) is 0 Å². The minimum atomic E-state index is -0.882. The molecule has 9 nitrogen and oxygen atoms in total. The molecule has 3 rings (SSSR count). The molecule has 0 aliphatic rings. The fourth-order valence-electron chi connectivity index (χ4n) is 3.08. The van der Waals surface area contributed by atoms with E-state index in [-0.39, 0.29) is 11.1 Å². The number of carbonyl (C=O) groups excluding carboxylic acids is 2. The lowest BCUT2D eigenvalue weighted by molar-refractivity contribution is -0.0166. The Bertz CT molecular complexity index is 1120. The van der Waals surface area contributed by atoms with E-state index in [9.17, 15) is 14.4 Å². The number of nitrogens with two attached hydrogens (primary N) is 2. The van der Waals surface area contributed by atoms with Crippen molar-refractivity contribution in [2.24, 2.45) is 0 Å². The zero-order valence-electron chi connectivity index (χ0n) is 19.1. The summed E-state index contributed by atoms with van der Waals surface area (Å²) >= 11 is 0. The fraction of sp³-hybridized carbons (Fsp3) is 0.160. The van der Waals surface area contributed by atoms with Gasteiger partial charge in [-0.05, 0) is 42.8 Å². The number of carbonyl (C=O) groups is 3. The van der Waals surface area contributed by atoms with Gasteiger partial charge in [-0.25, -0.2) is 14.4 Å². The Labute approximate surface area is 197 Å². The van der Waals surface area contributed by atoms with Gasteiger partial charge in [0.2, 0.25) is 6.79 Å². The Balaban J connectivity index is 0.000000270. The van der Waals surface area contributed by atoms with Gasteiger partial charge in [-0.3, -0.25) is 0 Å². The first-order valence-electron chi connectivity index (χ1n) is 10.2. The molecule has 9 heteroatoms. The van der Waals surface area contributed by atoms with Crippen LogP contribution in [0, 0.1) is 6.92 Å². The molecule has 0 spiro atoms. The minimum absolute atomic E-state index is 0.216. The molecule has 0 radical (unpaired) electrons. The molecule has 0 saturated carbocycles. The van der Waals surface area contributed by atoms with Gasteiger partial charge in [0.15, 0.2) is 0 Å². The maximum absolute atomic E-state index is 11.7. The standard InChI is InChI=1S/C15H14N2O4.C10H13NO2/c16-12-7-3-1-5-10(12)14(18)20-9-21-15(19)11-6-2-4-8-13(11)17;1-7-5-4-6-8(10(12)13)9(7)11(2)3/h1-8H,9,16-17H2;4-6H,1-3H3,(H,12,13). The normalized spacial score (nSPS) is 9.85. The highest BCUT2D eigenvalue weighted by atomic mass is 16.7. The van der Waals surface area contributed by atoms with E-state index in [4.69, 9.17) is 26.0 Å². The van der Waals surface area contributed by atoms with Gasteiger partial charge in [-0.2, -0.15) is 0 Å². The highest BCUT2D eigenvalue weighted by molar-refractivity contribution is 5.96. The number of hydrogen-bond donors (Lipinski definition) is 3. The molecule has 0 aliphatic heterocycles. The quantitative estimate of drug-likeness (QED) is 0.282. The number of carboxylic acids is 1. The summed E-state index contributed by atoms with van der Waals surface area (Å²) in [4.78, 5) is 36.1. The fourth-order valence-corrected chi connectivity index (χ4v) is 3.08. The molecule has 3 aromatic carbocycles. The van der Waals surface area contributed by atoms with Crippen molar-refractivity contribution in [3.63, 3.8) is 0 Å². The number of hydrogen-bond acceptors (Lipinski definition) is 8. The van der Waals surface area contributed by atoms with Gasteiger partial charge in [0.25, 0.3) is 0 Å². The first-order chi connectivity index (χ1) is 16.1. The van der Waals surface area contributed by atoms with Crippen LogP contribution in [0.2, 0.25) is 0 Å². The molecule has 0 saturated heterocycles. The third kappa shape index (κ3) is 6.73. The summed E-state index contributed by atoms with van der Waals surface area (Å²) in [6.45, 7) is 1.39. The number of carboxylic acid groups (broad SMARTS) is 1. The van der Waals surface area contributed by atoms with Crippen molar-refractivity contribution in [1.29, 1.82) is 0 Å². The Hall–Kier alpha value is -4.53. The summed E-state index contributed by atoms with van der Waals surface area (Å²) in [7, 11) is 3.68. The molecule has 0 aromatic heterocycles. The third-order valence-corrected chi connectivity index (χ3v) is 4.66. The number of aromatic carboxylic acids is 1. The van der Waals surface area contributed by atoms with Gasteiger partial charge >= 0.3 is 17.9 Å². The summed E-state index contributed by atoms with van der Waals surface area (Å²) in [5.74, 6) is -2.21. The number of nitrogens with zero attached hydrogens (tertiary/aromatic N) is 1. The average molecular weight is 466 g/mol. The second-order valence-electron chi connectivity index (χ2n) is 7.33. The zero-order valence-corrected chi connectivity index (χ0v) is 19.1. The Morgan fingerprint density at radius 2 is 1.21 bits per heavy atom. The number of anilines is 3. The van der Waals surface area contributed by atoms with Gasteiger partial charge in [0.05, 0.1) is 22.4 Å². The van der Waals surface area contributed by atoms with Gasteiger partial charge in [-0.15, -0.1) is 0 Å². The monoisotopic (exact) mass is 465 g/mol. The van der Waals surface area contributed by atoms with E-state index in [1.54, 1.807) is 48.5 Å². The van der Waals surface area contributed by atoms with Gasteiger partial charge in [0.1, 0.15) is 0 Å². The predicted octanol–water partition coefficient (Wildman–Crippen LogP) is 3.58. The third-order valence-electron chi connectivity index (χ3n) is 4.66. The molecule has 0 aliphatic carbocycles. The van der Waals surface area contributed by atoms with Gasteiger partial charge in [0, 0.05) is 25.5 Å². The van der Waals surface area contributed by atoms with E-state index in [1.807, 2.05) is 32.0 Å². The molecule has 0 amide bonds. The second-order valence-corrected chi connectivity index (χ2v) is 7.33. The lowest BCUT2D eigenvalue weighted by Gasteiger charge is -2.17. The number of rotatable bonds is 6. The van der Waals surface area contributed by atoms with Crippen LogP contribution in [0.3, 0.4) is 0 Å². The number of ether oxygens (including phenoxy) is 2. The number of nitrogen functional groups attached to an aromatic ring is 2. The lowest BCUT2D eigenvalue weighted by atomic mass is 10.1. The second kappa shape index (κ2) is 11.9. The van der Waals surface area contributed by atoms with Gasteiger partial charge in [-0.1, -0.05) is 36.4 Å². The number of para-hydroxylation sites is 3. The first-order valence-corrected chi connectivity index (χ1v) is 10.2. The van der Waals surface area contributed by atoms with Crippen LogP contribution in [-0.2, 0) is 9.47 Å². The zero-order chi connectivity index (χ0) is 25.3. The van der Waals surface area contributed by atoms with Crippen molar-refractivity contribution < 1.29 is 29.0 Å². The summed E-state index contributed by atoms with van der Waals surface area (Å²) in [6.07, 6.45) is 0. The van der Waals surface area contributed by atoms with Crippen molar-refractivity contribution in [3.8, 4) is 0 Å². The maximum Gasteiger partial charge on any atom is 0.343 e. The van der Waals surface area contributed by atoms with Crippen molar-refractivity contribution in [2.75, 3.05) is 37.3 Å². The van der Waals surface area contributed by atoms with E-state index in [2.05, 4.69) is 0 Å². The van der Waals surface area contributed by atoms with Crippen LogP contribution in [0.1, 0.15) is 36.6 Å². The number of aryl methyl sites for hydroxylation is 1. The van der Waals surface area contributed by atoms with Crippen LogP contribution in [0.5, 0.6) is 0 Å². The van der Waals surface area contributed by atoms with E-state index < -0.39 is 24.7 Å². The Morgan fingerprint density at radius 3 is 1.59 bits per heavy atom. The van der Waals surface area contributed by atoms with E-state index in [0.717, 1.165) is 11.3 Å². The number of esters is 2. The highest BCUT2D eigenvalue weighted by Gasteiger charge is 2.14. The van der Waals surface area contributed by atoms with Crippen molar-refractivity contribution >= 4 is 35.0 Å².